The second-order valence-electron chi connectivity index (χ2n) is 5.02. The molecule has 1 heteroatoms. The van der Waals surface area contributed by atoms with Crippen molar-refractivity contribution >= 4 is 0 Å². The van der Waals surface area contributed by atoms with Crippen LogP contribution >= 0.6 is 0 Å². The Labute approximate surface area is 107 Å². The summed E-state index contributed by atoms with van der Waals surface area (Å²) in [4.78, 5) is 4.63. The van der Waals surface area contributed by atoms with Gasteiger partial charge in [-0.1, -0.05) is 39.5 Å². The first-order valence-electron chi connectivity index (χ1n) is 7.22. The molecule has 0 bridgehead atoms. The van der Waals surface area contributed by atoms with Gasteiger partial charge in [-0.2, -0.15) is 0 Å². The molecule has 0 radical (unpaired) electrons. The molecule has 1 rings (SSSR count). The molecule has 17 heavy (non-hydrogen) atoms. The molecule has 0 saturated carbocycles. The first kappa shape index (κ1) is 14.2. The highest BCUT2D eigenvalue weighted by Crippen LogP contribution is 2.12. The summed E-state index contributed by atoms with van der Waals surface area (Å²) < 4.78 is 0. The van der Waals surface area contributed by atoms with Crippen molar-refractivity contribution in [2.75, 3.05) is 0 Å². The summed E-state index contributed by atoms with van der Waals surface area (Å²) in [6.45, 7) is 6.63. The van der Waals surface area contributed by atoms with Crippen molar-refractivity contribution in [1.82, 2.24) is 4.98 Å². The van der Waals surface area contributed by atoms with Gasteiger partial charge in [-0.15, -0.1) is 0 Å². The van der Waals surface area contributed by atoms with Crippen LogP contribution in [0.25, 0.3) is 0 Å². The van der Waals surface area contributed by atoms with Crippen molar-refractivity contribution < 1.29 is 0 Å². The van der Waals surface area contributed by atoms with Crippen LogP contribution in [0.2, 0.25) is 0 Å². The summed E-state index contributed by atoms with van der Waals surface area (Å²) in [6, 6.07) is 4.57. The summed E-state index contributed by atoms with van der Waals surface area (Å²) in [7, 11) is 0. The van der Waals surface area contributed by atoms with E-state index in [1.54, 1.807) is 0 Å². The standard InChI is InChI=1S/C16H27N/c1-4-6-8-10-15-12-14(3)17-16(13-15)11-9-7-5-2/h12-13H,4-11H2,1-3H3. The Kier molecular flexibility index (Phi) is 6.91. The van der Waals surface area contributed by atoms with Crippen molar-refractivity contribution in [3.05, 3.63) is 29.1 Å². The van der Waals surface area contributed by atoms with Crippen LogP contribution in [0.4, 0.5) is 0 Å². The maximum atomic E-state index is 4.63. The Morgan fingerprint density at radius 1 is 0.882 bits per heavy atom. The van der Waals surface area contributed by atoms with Gasteiger partial charge in [-0.05, 0) is 50.3 Å². The van der Waals surface area contributed by atoms with Crippen molar-refractivity contribution in [1.29, 1.82) is 0 Å². The van der Waals surface area contributed by atoms with Crippen LogP contribution in [0, 0.1) is 6.92 Å². The predicted octanol–water partition coefficient (Wildman–Crippen LogP) is 4.86. The van der Waals surface area contributed by atoms with Crippen LogP contribution in [0.5, 0.6) is 0 Å². The quantitative estimate of drug-likeness (QED) is 0.585. The summed E-state index contributed by atoms with van der Waals surface area (Å²) >= 11 is 0. The zero-order chi connectivity index (χ0) is 12.5. The summed E-state index contributed by atoms with van der Waals surface area (Å²) in [6.07, 6.45) is 10.2. The zero-order valence-electron chi connectivity index (χ0n) is 11.8. The Morgan fingerprint density at radius 3 is 2.18 bits per heavy atom. The minimum atomic E-state index is 1.15. The Morgan fingerprint density at radius 2 is 1.53 bits per heavy atom. The number of pyridine rings is 1. The van der Waals surface area contributed by atoms with Gasteiger partial charge in [0, 0.05) is 11.4 Å². The van der Waals surface area contributed by atoms with Gasteiger partial charge in [0.2, 0.25) is 0 Å². The van der Waals surface area contributed by atoms with Gasteiger partial charge in [-0.25, -0.2) is 0 Å². The fourth-order valence-corrected chi connectivity index (χ4v) is 2.22. The van der Waals surface area contributed by atoms with Gasteiger partial charge in [0.15, 0.2) is 0 Å². The molecule has 0 fully saturated rings. The smallest absolute Gasteiger partial charge is 0.0409 e. The molecule has 0 aliphatic heterocycles. The second-order valence-corrected chi connectivity index (χ2v) is 5.02. The zero-order valence-corrected chi connectivity index (χ0v) is 11.8. The molecule has 0 amide bonds. The lowest BCUT2D eigenvalue weighted by atomic mass is 10.0. The van der Waals surface area contributed by atoms with Crippen LogP contribution in [0.15, 0.2) is 12.1 Å². The topological polar surface area (TPSA) is 12.9 Å². The molecule has 1 heterocycles. The normalized spacial score (nSPS) is 10.8. The van der Waals surface area contributed by atoms with Crippen LogP contribution in [-0.2, 0) is 12.8 Å². The fourth-order valence-electron chi connectivity index (χ4n) is 2.22. The van der Waals surface area contributed by atoms with E-state index >= 15 is 0 Å². The molecule has 96 valence electrons. The van der Waals surface area contributed by atoms with Gasteiger partial charge >= 0.3 is 0 Å². The van der Waals surface area contributed by atoms with E-state index in [0.717, 1.165) is 6.42 Å². The van der Waals surface area contributed by atoms with Crippen LogP contribution in [-0.4, -0.2) is 4.98 Å². The molecule has 1 aromatic heterocycles. The molecule has 0 aliphatic rings. The largest absolute Gasteiger partial charge is 0.258 e. The van der Waals surface area contributed by atoms with Crippen LogP contribution < -0.4 is 0 Å². The summed E-state index contributed by atoms with van der Waals surface area (Å²) in [5, 5.41) is 0. The van der Waals surface area contributed by atoms with Gasteiger partial charge in [0.25, 0.3) is 0 Å². The molecule has 1 aromatic rings. The van der Waals surface area contributed by atoms with E-state index in [4.69, 9.17) is 0 Å². The van der Waals surface area contributed by atoms with Gasteiger partial charge in [0.05, 0.1) is 0 Å². The summed E-state index contributed by atoms with van der Waals surface area (Å²) in [5.74, 6) is 0. The molecule has 0 saturated heterocycles. The highest BCUT2D eigenvalue weighted by atomic mass is 14.7. The Hall–Kier alpha value is -0.850. The maximum absolute atomic E-state index is 4.63. The first-order chi connectivity index (χ1) is 8.26. The number of nitrogens with zero attached hydrogens (tertiary/aromatic N) is 1. The minimum Gasteiger partial charge on any atom is -0.258 e. The van der Waals surface area contributed by atoms with E-state index in [0.29, 0.717) is 0 Å². The van der Waals surface area contributed by atoms with E-state index in [9.17, 15) is 0 Å². The lowest BCUT2D eigenvalue weighted by molar-refractivity contribution is 0.698. The second kappa shape index (κ2) is 8.27. The third-order valence-corrected chi connectivity index (χ3v) is 3.17. The average Bonchev–Trinajstić information content (AvgIpc) is 2.29. The van der Waals surface area contributed by atoms with E-state index in [1.165, 1.54) is 61.9 Å². The molecule has 0 atom stereocenters. The highest BCUT2D eigenvalue weighted by Gasteiger charge is 2.00. The van der Waals surface area contributed by atoms with Gasteiger partial charge < -0.3 is 0 Å². The van der Waals surface area contributed by atoms with Gasteiger partial charge in [0.1, 0.15) is 0 Å². The van der Waals surface area contributed by atoms with Crippen molar-refractivity contribution in [3.8, 4) is 0 Å². The van der Waals surface area contributed by atoms with E-state index < -0.39 is 0 Å². The Bertz CT molecular complexity index is 289. The van der Waals surface area contributed by atoms with E-state index in [1.807, 2.05) is 0 Å². The van der Waals surface area contributed by atoms with E-state index in [-0.39, 0.29) is 0 Å². The van der Waals surface area contributed by atoms with E-state index in [2.05, 4.69) is 37.9 Å². The van der Waals surface area contributed by atoms with Crippen molar-refractivity contribution in [2.24, 2.45) is 0 Å². The van der Waals surface area contributed by atoms with Crippen LogP contribution in [0.3, 0.4) is 0 Å². The fraction of sp³-hybridized carbons (Fsp3) is 0.688. The highest BCUT2D eigenvalue weighted by molar-refractivity contribution is 5.21. The number of unbranched alkanes of at least 4 members (excludes halogenated alkanes) is 4. The molecule has 0 unspecified atom stereocenters. The summed E-state index contributed by atoms with van der Waals surface area (Å²) in [5.41, 5.74) is 3.97. The first-order valence-corrected chi connectivity index (χ1v) is 7.22. The molecule has 0 N–H and O–H groups in total. The molecule has 0 spiro atoms. The number of hydrogen-bond donors (Lipinski definition) is 0. The average molecular weight is 233 g/mol. The van der Waals surface area contributed by atoms with Gasteiger partial charge in [-0.3, -0.25) is 4.98 Å². The third-order valence-electron chi connectivity index (χ3n) is 3.17. The maximum Gasteiger partial charge on any atom is 0.0409 e. The molecule has 1 nitrogen and oxygen atoms in total. The Balaban J connectivity index is 2.53. The van der Waals surface area contributed by atoms with Crippen molar-refractivity contribution in [2.45, 2.75) is 72.1 Å². The monoisotopic (exact) mass is 233 g/mol. The molecular formula is C16H27N. The lowest BCUT2D eigenvalue weighted by Gasteiger charge is -2.06. The predicted molar refractivity (Wildman–Crippen MR) is 75.4 cm³/mol. The lowest BCUT2D eigenvalue weighted by Crippen LogP contribution is -1.97. The number of hydrogen-bond acceptors (Lipinski definition) is 1. The minimum absolute atomic E-state index is 1.15. The number of aryl methyl sites for hydroxylation is 3. The molecule has 0 aromatic carbocycles. The van der Waals surface area contributed by atoms with Crippen LogP contribution in [0.1, 0.15) is 69.3 Å². The van der Waals surface area contributed by atoms with Crippen molar-refractivity contribution in [3.63, 3.8) is 0 Å². The SMILES string of the molecule is CCCCCc1cc(C)nc(CCCCC)c1. The third kappa shape index (κ3) is 5.86. The number of aromatic nitrogens is 1. The molecule has 0 aliphatic carbocycles. The molecular weight excluding hydrogens is 206 g/mol. The number of rotatable bonds is 8.